The van der Waals surface area contributed by atoms with E-state index in [1.165, 1.54) is 14.0 Å². The molecular formula is C22H29NO6S. The van der Waals surface area contributed by atoms with Gasteiger partial charge in [0.2, 0.25) is 0 Å². The van der Waals surface area contributed by atoms with Crippen molar-refractivity contribution in [2.75, 3.05) is 26.5 Å². The molecule has 0 spiro atoms. The molecule has 0 saturated heterocycles. The maximum absolute atomic E-state index is 13.3. The Kier molecular flexibility index (Phi) is 8.11. The Morgan fingerprint density at radius 3 is 2.37 bits per heavy atom. The van der Waals surface area contributed by atoms with E-state index in [-0.39, 0.29) is 23.3 Å². The van der Waals surface area contributed by atoms with Gasteiger partial charge in [0.15, 0.2) is 0 Å². The van der Waals surface area contributed by atoms with Gasteiger partial charge in [0.1, 0.15) is 17.2 Å². The second kappa shape index (κ2) is 10.3. The van der Waals surface area contributed by atoms with Crippen LogP contribution in [0, 0.1) is 5.92 Å². The molecule has 0 aliphatic rings. The summed E-state index contributed by atoms with van der Waals surface area (Å²) in [7, 11) is -0.563. The van der Waals surface area contributed by atoms with Gasteiger partial charge in [-0.3, -0.25) is 4.79 Å². The molecule has 0 unspecified atom stereocenters. The minimum Gasteiger partial charge on any atom is -0.497 e. The molecule has 1 amide bonds. The quantitative estimate of drug-likeness (QED) is 0.529. The predicted molar refractivity (Wildman–Crippen MR) is 116 cm³/mol. The Hall–Kier alpha value is -2.74. The predicted octanol–water partition coefficient (Wildman–Crippen LogP) is 3.73. The van der Waals surface area contributed by atoms with Gasteiger partial charge in [0.25, 0.3) is 5.91 Å². The van der Waals surface area contributed by atoms with Crippen molar-refractivity contribution in [1.82, 2.24) is 4.90 Å². The van der Waals surface area contributed by atoms with Gasteiger partial charge in [-0.05, 0) is 42.7 Å². The lowest BCUT2D eigenvalue weighted by molar-refractivity contribution is 0.0719. The summed E-state index contributed by atoms with van der Waals surface area (Å²) < 4.78 is 39.2. The Balaban J connectivity index is 2.32. The number of ether oxygens (including phenoxy) is 2. The molecule has 0 N–H and O–H groups in total. The molecule has 164 valence electrons. The first-order valence-corrected chi connectivity index (χ1v) is 11.3. The molecule has 0 saturated carbocycles. The second-order valence-corrected chi connectivity index (χ2v) is 9.08. The fraction of sp³-hybridized carbons (Fsp3) is 0.409. The zero-order valence-electron chi connectivity index (χ0n) is 18.0. The molecule has 0 aliphatic carbocycles. The standard InChI is InChI=1S/C22H29NO6S/c1-6-30(25,26)29-19-9-7-8-17(12-19)15-23(14-16(2)3)22(24)20-11-10-18(27-4)13-21(20)28-5/h7-13,16H,6,14-15H2,1-5H3. The van der Waals surface area contributed by atoms with Crippen molar-refractivity contribution in [3.8, 4) is 17.2 Å². The number of benzene rings is 2. The lowest BCUT2D eigenvalue weighted by Gasteiger charge is -2.26. The lowest BCUT2D eigenvalue weighted by atomic mass is 10.1. The Morgan fingerprint density at radius 2 is 1.77 bits per heavy atom. The molecule has 0 fully saturated rings. The van der Waals surface area contributed by atoms with Crippen molar-refractivity contribution in [1.29, 1.82) is 0 Å². The van der Waals surface area contributed by atoms with Crippen LogP contribution >= 0.6 is 0 Å². The minimum absolute atomic E-state index is 0.119. The summed E-state index contributed by atoms with van der Waals surface area (Å²) in [5, 5.41) is 0. The van der Waals surface area contributed by atoms with Crippen LogP contribution in [0.2, 0.25) is 0 Å². The van der Waals surface area contributed by atoms with Crippen LogP contribution in [-0.2, 0) is 16.7 Å². The Labute approximate surface area is 178 Å². The van der Waals surface area contributed by atoms with E-state index in [1.54, 1.807) is 48.4 Å². The van der Waals surface area contributed by atoms with E-state index in [2.05, 4.69) is 0 Å². The number of amides is 1. The SMILES string of the molecule is CCS(=O)(=O)Oc1cccc(CN(CC(C)C)C(=O)c2ccc(OC)cc2OC)c1. The van der Waals surface area contributed by atoms with Gasteiger partial charge >= 0.3 is 10.1 Å². The third-order valence-corrected chi connectivity index (χ3v) is 5.51. The molecule has 2 rings (SSSR count). The zero-order valence-corrected chi connectivity index (χ0v) is 18.9. The van der Waals surface area contributed by atoms with Crippen molar-refractivity contribution in [3.63, 3.8) is 0 Å². The fourth-order valence-corrected chi connectivity index (χ4v) is 3.44. The largest absolute Gasteiger partial charge is 0.497 e. The molecule has 7 nitrogen and oxygen atoms in total. The van der Waals surface area contributed by atoms with E-state index in [0.29, 0.717) is 30.2 Å². The van der Waals surface area contributed by atoms with Crippen LogP contribution in [-0.4, -0.2) is 45.7 Å². The maximum Gasteiger partial charge on any atom is 0.308 e. The lowest BCUT2D eigenvalue weighted by Crippen LogP contribution is -2.34. The molecular weight excluding hydrogens is 406 g/mol. The normalized spacial score (nSPS) is 11.3. The molecule has 0 aromatic heterocycles. The number of nitrogens with zero attached hydrogens (tertiary/aromatic N) is 1. The van der Waals surface area contributed by atoms with Gasteiger partial charge in [0.05, 0.1) is 25.5 Å². The minimum atomic E-state index is -3.62. The number of rotatable bonds is 10. The highest BCUT2D eigenvalue weighted by atomic mass is 32.2. The van der Waals surface area contributed by atoms with Gasteiger partial charge in [-0.2, -0.15) is 8.42 Å². The van der Waals surface area contributed by atoms with Crippen molar-refractivity contribution in [3.05, 3.63) is 53.6 Å². The first-order chi connectivity index (χ1) is 14.2. The molecule has 0 heterocycles. The van der Waals surface area contributed by atoms with Crippen LogP contribution in [0.4, 0.5) is 0 Å². The number of hydrogen-bond acceptors (Lipinski definition) is 6. The highest BCUT2D eigenvalue weighted by molar-refractivity contribution is 7.87. The average molecular weight is 436 g/mol. The van der Waals surface area contributed by atoms with Crippen LogP contribution < -0.4 is 13.7 Å². The summed E-state index contributed by atoms with van der Waals surface area (Å²) in [5.74, 6) is 1.19. The van der Waals surface area contributed by atoms with E-state index in [4.69, 9.17) is 13.7 Å². The third kappa shape index (κ3) is 6.38. The smallest absolute Gasteiger partial charge is 0.308 e. The summed E-state index contributed by atoms with van der Waals surface area (Å²) in [6.45, 7) is 6.39. The number of methoxy groups -OCH3 is 2. The molecule has 30 heavy (non-hydrogen) atoms. The van der Waals surface area contributed by atoms with Gasteiger partial charge in [-0.15, -0.1) is 0 Å². The topological polar surface area (TPSA) is 82.1 Å². The van der Waals surface area contributed by atoms with E-state index >= 15 is 0 Å². The van der Waals surface area contributed by atoms with E-state index in [0.717, 1.165) is 5.56 Å². The van der Waals surface area contributed by atoms with E-state index in [1.807, 2.05) is 19.9 Å². The first-order valence-electron chi connectivity index (χ1n) is 9.71. The summed E-state index contributed by atoms with van der Waals surface area (Å²) in [6.07, 6.45) is 0. The summed E-state index contributed by atoms with van der Waals surface area (Å²) in [6, 6.07) is 11.8. The van der Waals surface area contributed by atoms with Crippen LogP contribution in [0.1, 0.15) is 36.7 Å². The van der Waals surface area contributed by atoms with E-state index < -0.39 is 10.1 Å². The molecule has 0 aliphatic heterocycles. The van der Waals surface area contributed by atoms with Gasteiger partial charge in [-0.25, -0.2) is 0 Å². The summed E-state index contributed by atoms with van der Waals surface area (Å²) in [4.78, 5) is 15.0. The number of hydrogen-bond donors (Lipinski definition) is 0. The van der Waals surface area contributed by atoms with Crippen LogP contribution in [0.5, 0.6) is 17.2 Å². The van der Waals surface area contributed by atoms with Gasteiger partial charge < -0.3 is 18.6 Å². The summed E-state index contributed by atoms with van der Waals surface area (Å²) >= 11 is 0. The average Bonchev–Trinajstić information content (AvgIpc) is 2.71. The maximum atomic E-state index is 13.3. The fourth-order valence-electron chi connectivity index (χ4n) is 2.93. The van der Waals surface area contributed by atoms with Crippen molar-refractivity contribution >= 4 is 16.0 Å². The van der Waals surface area contributed by atoms with Crippen LogP contribution in [0.3, 0.4) is 0 Å². The molecule has 0 radical (unpaired) electrons. The highest BCUT2D eigenvalue weighted by Crippen LogP contribution is 2.27. The first kappa shape index (κ1) is 23.5. The second-order valence-electron chi connectivity index (χ2n) is 7.22. The summed E-state index contributed by atoms with van der Waals surface area (Å²) in [5.41, 5.74) is 1.19. The van der Waals surface area contributed by atoms with Gasteiger partial charge in [0, 0.05) is 19.2 Å². The molecule has 2 aromatic carbocycles. The molecule has 0 bridgehead atoms. The van der Waals surface area contributed by atoms with Gasteiger partial charge in [-0.1, -0.05) is 26.0 Å². The third-order valence-electron chi connectivity index (χ3n) is 4.36. The monoisotopic (exact) mass is 435 g/mol. The number of carbonyl (C=O) groups is 1. The molecule has 8 heteroatoms. The number of carbonyl (C=O) groups excluding carboxylic acids is 1. The van der Waals surface area contributed by atoms with Crippen LogP contribution in [0.15, 0.2) is 42.5 Å². The Bertz CT molecular complexity index is 971. The van der Waals surface area contributed by atoms with E-state index in [9.17, 15) is 13.2 Å². The molecule has 2 aromatic rings. The zero-order chi connectivity index (χ0) is 22.3. The van der Waals surface area contributed by atoms with Crippen LogP contribution in [0.25, 0.3) is 0 Å². The van der Waals surface area contributed by atoms with Crippen molar-refractivity contribution in [2.24, 2.45) is 5.92 Å². The molecule has 0 atom stereocenters. The van der Waals surface area contributed by atoms with Crippen molar-refractivity contribution in [2.45, 2.75) is 27.3 Å². The van der Waals surface area contributed by atoms with Crippen molar-refractivity contribution < 1.29 is 26.9 Å². The highest BCUT2D eigenvalue weighted by Gasteiger charge is 2.22. The Morgan fingerprint density at radius 1 is 1.03 bits per heavy atom.